The van der Waals surface area contributed by atoms with Gasteiger partial charge in [0.05, 0.1) is 11.4 Å². The highest BCUT2D eigenvalue weighted by molar-refractivity contribution is 7.89. The number of nitrogens with zero attached hydrogens (tertiary/aromatic N) is 2. The highest BCUT2D eigenvalue weighted by Crippen LogP contribution is 2.35. The molecule has 0 unspecified atom stereocenters. The second-order valence-electron chi connectivity index (χ2n) is 6.65. The number of aryl methyl sites for hydroxylation is 1. The molecule has 0 atom stereocenters. The van der Waals surface area contributed by atoms with E-state index in [-0.39, 0.29) is 11.6 Å². The monoisotopic (exact) mass is 314 g/mol. The molecule has 0 radical (unpaired) electrons. The molecule has 2 N–H and O–H groups in total. The summed E-state index contributed by atoms with van der Waals surface area (Å²) in [6, 6.07) is 0.279. The van der Waals surface area contributed by atoms with Gasteiger partial charge in [0.1, 0.15) is 4.90 Å². The van der Waals surface area contributed by atoms with Crippen molar-refractivity contribution in [1.29, 1.82) is 0 Å². The molecule has 0 bridgehead atoms. The van der Waals surface area contributed by atoms with Crippen molar-refractivity contribution in [2.24, 2.45) is 0 Å². The Hall–Kier alpha value is -0.920. The molecule has 1 aromatic heterocycles. The molecule has 0 aliphatic carbocycles. The van der Waals surface area contributed by atoms with Gasteiger partial charge in [0.25, 0.3) is 0 Å². The van der Waals surface area contributed by atoms with Gasteiger partial charge in [0.2, 0.25) is 10.0 Å². The fourth-order valence-electron chi connectivity index (χ4n) is 2.87. The minimum Gasteiger partial charge on any atom is -0.309 e. The maximum Gasteiger partial charge on any atom is 0.247 e. The van der Waals surface area contributed by atoms with Crippen LogP contribution in [0.1, 0.15) is 51.9 Å². The molecule has 21 heavy (non-hydrogen) atoms. The van der Waals surface area contributed by atoms with Gasteiger partial charge in [0, 0.05) is 24.7 Å². The van der Waals surface area contributed by atoms with E-state index in [1.54, 1.807) is 11.2 Å². The molecule has 0 aromatic carbocycles. The topological polar surface area (TPSA) is 78.1 Å². The second-order valence-corrected chi connectivity index (χ2v) is 8.45. The van der Waals surface area contributed by atoms with Crippen LogP contribution in [-0.2, 0) is 16.6 Å². The van der Waals surface area contributed by atoms with E-state index in [1.165, 1.54) is 0 Å². The summed E-state index contributed by atoms with van der Waals surface area (Å²) in [4.78, 5) is 0.339. The van der Waals surface area contributed by atoms with Crippen molar-refractivity contribution in [3.63, 3.8) is 0 Å². The molecule has 1 saturated heterocycles. The van der Waals surface area contributed by atoms with Gasteiger partial charge in [-0.2, -0.15) is 9.40 Å². The lowest BCUT2D eigenvalue weighted by molar-refractivity contribution is 0.291. The minimum atomic E-state index is -3.51. The van der Waals surface area contributed by atoms with Crippen LogP contribution in [0.15, 0.2) is 4.90 Å². The molecule has 2 rings (SSSR count). The van der Waals surface area contributed by atoms with Crippen LogP contribution in [0.3, 0.4) is 0 Å². The Labute approximate surface area is 127 Å². The number of hydrogen-bond donors (Lipinski definition) is 2. The van der Waals surface area contributed by atoms with E-state index in [0.29, 0.717) is 29.4 Å². The first-order valence-electron chi connectivity index (χ1n) is 7.46. The summed E-state index contributed by atoms with van der Waals surface area (Å²) in [5, 5.41) is 10.2. The van der Waals surface area contributed by atoms with E-state index in [0.717, 1.165) is 12.8 Å². The number of nitrogens with one attached hydrogen (secondary N) is 2. The number of H-pyrrole nitrogens is 1. The third kappa shape index (κ3) is 3.14. The van der Waals surface area contributed by atoms with Crippen molar-refractivity contribution in [3.05, 3.63) is 11.4 Å². The van der Waals surface area contributed by atoms with E-state index in [4.69, 9.17) is 0 Å². The predicted octanol–water partition coefficient (Wildman–Crippen LogP) is 1.78. The molecular weight excluding hydrogens is 288 g/mol. The molecule has 0 amide bonds. The van der Waals surface area contributed by atoms with E-state index in [2.05, 4.69) is 15.5 Å². The van der Waals surface area contributed by atoms with Gasteiger partial charge in [0.15, 0.2) is 0 Å². The van der Waals surface area contributed by atoms with E-state index in [9.17, 15) is 8.42 Å². The van der Waals surface area contributed by atoms with Gasteiger partial charge in [-0.15, -0.1) is 0 Å². The number of sulfonamides is 1. The SMILES string of the molecule is Cc1[nH]nc(CNC(C)C)c1S(=O)(=O)N1CCCC1(C)C. The Kier molecular flexibility index (Phi) is 4.46. The molecule has 0 saturated carbocycles. The first-order chi connectivity index (χ1) is 9.66. The lowest BCUT2D eigenvalue weighted by Gasteiger charge is -2.30. The summed E-state index contributed by atoms with van der Waals surface area (Å²) < 4.78 is 27.7. The van der Waals surface area contributed by atoms with E-state index < -0.39 is 10.0 Å². The molecule has 0 spiro atoms. The first kappa shape index (κ1) is 16.5. The zero-order chi connectivity index (χ0) is 15.8. The number of aromatic nitrogens is 2. The molecule has 6 nitrogen and oxygen atoms in total. The van der Waals surface area contributed by atoms with Crippen LogP contribution in [-0.4, -0.2) is 41.0 Å². The Morgan fingerprint density at radius 2 is 2.10 bits per heavy atom. The summed E-state index contributed by atoms with van der Waals surface area (Å²) in [7, 11) is -3.51. The third-order valence-corrected chi connectivity index (χ3v) is 6.33. The molecule has 120 valence electrons. The number of hydrogen-bond acceptors (Lipinski definition) is 4. The Bertz CT molecular complexity index is 604. The summed E-state index contributed by atoms with van der Waals surface area (Å²) >= 11 is 0. The number of rotatable bonds is 5. The third-order valence-electron chi connectivity index (χ3n) is 4.01. The lowest BCUT2D eigenvalue weighted by Crippen LogP contribution is -2.43. The molecular formula is C14H26N4O2S. The Balaban J connectivity index is 2.38. The van der Waals surface area contributed by atoms with Crippen molar-refractivity contribution in [2.75, 3.05) is 6.54 Å². The van der Waals surface area contributed by atoms with Gasteiger partial charge in [-0.1, -0.05) is 13.8 Å². The van der Waals surface area contributed by atoms with E-state index in [1.807, 2.05) is 27.7 Å². The summed E-state index contributed by atoms with van der Waals surface area (Å²) in [5.41, 5.74) is 0.854. The standard InChI is InChI=1S/C14H26N4O2S/c1-10(2)15-9-12-13(11(3)16-17-12)21(19,20)18-8-6-7-14(18,4)5/h10,15H,6-9H2,1-5H3,(H,16,17). The first-order valence-corrected chi connectivity index (χ1v) is 8.90. The average Bonchev–Trinajstić information content (AvgIpc) is 2.89. The highest BCUT2D eigenvalue weighted by Gasteiger charge is 2.42. The van der Waals surface area contributed by atoms with Crippen LogP contribution in [0.25, 0.3) is 0 Å². The predicted molar refractivity (Wildman–Crippen MR) is 82.5 cm³/mol. The van der Waals surface area contributed by atoms with Crippen LogP contribution in [0.4, 0.5) is 0 Å². The maximum absolute atomic E-state index is 13.0. The van der Waals surface area contributed by atoms with Crippen LogP contribution in [0, 0.1) is 6.92 Å². The second kappa shape index (κ2) is 5.70. The van der Waals surface area contributed by atoms with Gasteiger partial charge in [-0.3, -0.25) is 5.10 Å². The highest BCUT2D eigenvalue weighted by atomic mass is 32.2. The smallest absolute Gasteiger partial charge is 0.247 e. The molecule has 1 fully saturated rings. The van der Waals surface area contributed by atoms with Crippen molar-refractivity contribution < 1.29 is 8.42 Å². The summed E-state index contributed by atoms with van der Waals surface area (Å²) in [5.74, 6) is 0. The fourth-order valence-corrected chi connectivity index (χ4v) is 5.05. The van der Waals surface area contributed by atoms with Gasteiger partial charge < -0.3 is 5.32 Å². The molecule has 1 aromatic rings. The van der Waals surface area contributed by atoms with Crippen molar-refractivity contribution >= 4 is 10.0 Å². The quantitative estimate of drug-likeness (QED) is 0.868. The maximum atomic E-state index is 13.0. The molecule has 2 heterocycles. The van der Waals surface area contributed by atoms with Crippen molar-refractivity contribution in [1.82, 2.24) is 19.8 Å². The number of aromatic amines is 1. The minimum absolute atomic E-state index is 0.279. The van der Waals surface area contributed by atoms with Crippen LogP contribution < -0.4 is 5.32 Å². The largest absolute Gasteiger partial charge is 0.309 e. The summed E-state index contributed by atoms with van der Waals surface area (Å²) in [6.45, 7) is 10.8. The zero-order valence-electron chi connectivity index (χ0n) is 13.5. The molecule has 7 heteroatoms. The zero-order valence-corrected chi connectivity index (χ0v) is 14.3. The Morgan fingerprint density at radius 3 is 2.62 bits per heavy atom. The normalized spacial score (nSPS) is 19.5. The van der Waals surface area contributed by atoms with Crippen LogP contribution in [0.5, 0.6) is 0 Å². The van der Waals surface area contributed by atoms with Crippen LogP contribution >= 0.6 is 0 Å². The van der Waals surface area contributed by atoms with Crippen molar-refractivity contribution in [3.8, 4) is 0 Å². The summed E-state index contributed by atoms with van der Waals surface area (Å²) in [6.07, 6.45) is 1.80. The van der Waals surface area contributed by atoms with Crippen molar-refractivity contribution in [2.45, 2.75) is 70.5 Å². The lowest BCUT2D eigenvalue weighted by atomic mass is 10.0. The van der Waals surface area contributed by atoms with E-state index >= 15 is 0 Å². The average molecular weight is 314 g/mol. The van der Waals surface area contributed by atoms with Gasteiger partial charge >= 0.3 is 0 Å². The fraction of sp³-hybridized carbons (Fsp3) is 0.786. The van der Waals surface area contributed by atoms with Gasteiger partial charge in [-0.05, 0) is 33.6 Å². The van der Waals surface area contributed by atoms with Crippen LogP contribution in [0.2, 0.25) is 0 Å². The Morgan fingerprint density at radius 1 is 1.43 bits per heavy atom. The molecule has 1 aliphatic rings. The van der Waals surface area contributed by atoms with Gasteiger partial charge in [-0.25, -0.2) is 8.42 Å². The molecule has 1 aliphatic heterocycles.